The van der Waals surface area contributed by atoms with Crippen molar-refractivity contribution in [2.24, 2.45) is 0 Å². The fraction of sp³-hybridized carbons (Fsp3) is 0.562. The first kappa shape index (κ1) is 15.0. The van der Waals surface area contributed by atoms with E-state index < -0.39 is 5.60 Å². The highest BCUT2D eigenvalue weighted by molar-refractivity contribution is 5.92. The van der Waals surface area contributed by atoms with Crippen molar-refractivity contribution in [2.75, 3.05) is 12.4 Å². The number of carbonyl (C=O) groups is 1. The van der Waals surface area contributed by atoms with Gasteiger partial charge in [0, 0.05) is 18.4 Å². The van der Waals surface area contributed by atoms with Gasteiger partial charge < -0.3 is 15.2 Å². The number of hydrogen-bond donors (Lipinski definition) is 2. The summed E-state index contributed by atoms with van der Waals surface area (Å²) in [6.07, 6.45) is 4.78. The minimum Gasteiger partial charge on any atom is -0.389 e. The van der Waals surface area contributed by atoms with Crippen LogP contribution in [-0.4, -0.2) is 23.7 Å². The number of benzene rings is 1. The van der Waals surface area contributed by atoms with Gasteiger partial charge in [0.1, 0.15) is 0 Å². The van der Waals surface area contributed by atoms with Crippen molar-refractivity contribution in [3.63, 3.8) is 0 Å². The van der Waals surface area contributed by atoms with Crippen LogP contribution in [0.25, 0.3) is 0 Å². The van der Waals surface area contributed by atoms with Crippen LogP contribution in [0.15, 0.2) is 24.3 Å². The summed E-state index contributed by atoms with van der Waals surface area (Å²) in [5.74, 6) is -0.127. The molecule has 0 aromatic heterocycles. The molecule has 0 atom stereocenters. The fourth-order valence-corrected chi connectivity index (χ4v) is 2.80. The van der Waals surface area contributed by atoms with Crippen molar-refractivity contribution >= 4 is 11.6 Å². The molecule has 1 aliphatic carbocycles. The van der Waals surface area contributed by atoms with Crippen LogP contribution < -0.4 is 5.32 Å². The summed E-state index contributed by atoms with van der Waals surface area (Å²) >= 11 is 0. The molecule has 20 heavy (non-hydrogen) atoms. The Bertz CT molecular complexity index is 453. The Morgan fingerprint density at radius 2 is 2.00 bits per heavy atom. The Morgan fingerprint density at radius 1 is 1.30 bits per heavy atom. The molecule has 1 amide bonds. The largest absolute Gasteiger partial charge is 0.389 e. The van der Waals surface area contributed by atoms with Crippen LogP contribution in [0.4, 0.5) is 5.69 Å². The highest BCUT2D eigenvalue weighted by Crippen LogP contribution is 2.31. The third-order valence-electron chi connectivity index (χ3n) is 3.87. The van der Waals surface area contributed by atoms with Crippen LogP contribution >= 0.6 is 0 Å². The van der Waals surface area contributed by atoms with Gasteiger partial charge in [0.05, 0.1) is 18.6 Å². The number of rotatable bonds is 5. The van der Waals surface area contributed by atoms with E-state index in [9.17, 15) is 9.90 Å². The van der Waals surface area contributed by atoms with Crippen LogP contribution in [-0.2, 0) is 16.1 Å². The molecule has 0 bridgehead atoms. The van der Waals surface area contributed by atoms with Crippen molar-refractivity contribution < 1.29 is 14.6 Å². The fourth-order valence-electron chi connectivity index (χ4n) is 2.80. The highest BCUT2D eigenvalue weighted by atomic mass is 16.5. The summed E-state index contributed by atoms with van der Waals surface area (Å²) in [5, 5.41) is 13.3. The Kier molecular flexibility index (Phi) is 5.15. The molecule has 0 aliphatic heterocycles. The summed E-state index contributed by atoms with van der Waals surface area (Å²) in [5.41, 5.74) is 0.885. The second-order valence-corrected chi connectivity index (χ2v) is 5.60. The minimum absolute atomic E-state index is 0.127. The lowest BCUT2D eigenvalue weighted by molar-refractivity contribution is -0.122. The maximum Gasteiger partial charge on any atom is 0.227 e. The van der Waals surface area contributed by atoms with E-state index >= 15 is 0 Å². The Morgan fingerprint density at radius 3 is 2.70 bits per heavy atom. The average molecular weight is 277 g/mol. The lowest BCUT2D eigenvalue weighted by Gasteiger charge is -2.31. The summed E-state index contributed by atoms with van der Waals surface area (Å²) in [4.78, 5) is 12.1. The van der Waals surface area contributed by atoms with Crippen molar-refractivity contribution in [3.05, 3.63) is 29.8 Å². The molecule has 1 aliphatic rings. The maximum absolute atomic E-state index is 12.1. The van der Waals surface area contributed by atoms with E-state index in [1.807, 2.05) is 24.3 Å². The lowest BCUT2D eigenvalue weighted by Crippen LogP contribution is -2.36. The van der Waals surface area contributed by atoms with Gasteiger partial charge in [0.15, 0.2) is 0 Å². The van der Waals surface area contributed by atoms with E-state index in [2.05, 4.69) is 5.32 Å². The van der Waals surface area contributed by atoms with Crippen molar-refractivity contribution in [1.82, 2.24) is 0 Å². The number of nitrogens with one attached hydrogen (secondary N) is 1. The van der Waals surface area contributed by atoms with Gasteiger partial charge in [-0.05, 0) is 18.9 Å². The second kappa shape index (κ2) is 6.86. The smallest absolute Gasteiger partial charge is 0.227 e. The molecule has 2 rings (SSSR count). The van der Waals surface area contributed by atoms with Crippen LogP contribution in [0.3, 0.4) is 0 Å². The number of hydrogen-bond acceptors (Lipinski definition) is 3. The molecule has 110 valence electrons. The molecular weight excluding hydrogens is 254 g/mol. The van der Waals surface area contributed by atoms with Gasteiger partial charge in [0.2, 0.25) is 5.91 Å². The molecule has 0 unspecified atom stereocenters. The standard InChI is InChI=1S/C16H23NO3/c1-20-12-13-7-3-4-8-14(13)17-15(18)11-16(19)9-5-2-6-10-16/h3-4,7-8,19H,2,5-6,9-12H2,1H3,(H,17,18). The average Bonchev–Trinajstić information content (AvgIpc) is 2.41. The third kappa shape index (κ3) is 4.05. The van der Waals surface area contributed by atoms with E-state index in [-0.39, 0.29) is 12.3 Å². The van der Waals surface area contributed by atoms with Gasteiger partial charge >= 0.3 is 0 Å². The SMILES string of the molecule is COCc1ccccc1NC(=O)CC1(O)CCCCC1. The third-order valence-corrected chi connectivity index (χ3v) is 3.87. The first-order valence-electron chi connectivity index (χ1n) is 7.22. The van der Waals surface area contributed by atoms with Gasteiger partial charge in [-0.15, -0.1) is 0 Å². The van der Waals surface area contributed by atoms with E-state index in [1.165, 1.54) is 0 Å². The van der Waals surface area contributed by atoms with E-state index in [1.54, 1.807) is 7.11 Å². The number of ether oxygens (including phenoxy) is 1. The summed E-state index contributed by atoms with van der Waals surface area (Å²) in [7, 11) is 1.63. The van der Waals surface area contributed by atoms with Gasteiger partial charge in [-0.2, -0.15) is 0 Å². The predicted molar refractivity (Wildman–Crippen MR) is 78.4 cm³/mol. The molecule has 4 nitrogen and oxygen atoms in total. The predicted octanol–water partition coefficient (Wildman–Crippen LogP) is 2.86. The molecule has 2 N–H and O–H groups in total. The van der Waals surface area contributed by atoms with Gasteiger partial charge in [0.25, 0.3) is 0 Å². The van der Waals surface area contributed by atoms with Gasteiger partial charge in [-0.25, -0.2) is 0 Å². The van der Waals surface area contributed by atoms with Crippen LogP contribution in [0, 0.1) is 0 Å². The van der Waals surface area contributed by atoms with Crippen molar-refractivity contribution in [3.8, 4) is 0 Å². The van der Waals surface area contributed by atoms with E-state index in [0.717, 1.165) is 43.4 Å². The Labute approximate surface area is 120 Å². The van der Waals surface area contributed by atoms with Crippen LogP contribution in [0.2, 0.25) is 0 Å². The first-order valence-corrected chi connectivity index (χ1v) is 7.22. The maximum atomic E-state index is 12.1. The Hall–Kier alpha value is -1.39. The number of methoxy groups -OCH3 is 1. The molecule has 1 aromatic rings. The van der Waals surface area contributed by atoms with Gasteiger partial charge in [-0.3, -0.25) is 4.79 Å². The topological polar surface area (TPSA) is 58.6 Å². The number of amides is 1. The van der Waals surface area contributed by atoms with Crippen molar-refractivity contribution in [1.29, 1.82) is 0 Å². The number of anilines is 1. The zero-order chi connectivity index (χ0) is 14.4. The van der Waals surface area contributed by atoms with E-state index in [4.69, 9.17) is 4.74 Å². The Balaban J connectivity index is 1.97. The molecule has 0 spiro atoms. The molecule has 1 saturated carbocycles. The monoisotopic (exact) mass is 277 g/mol. The normalized spacial score (nSPS) is 17.7. The molecule has 1 fully saturated rings. The molecule has 0 heterocycles. The van der Waals surface area contributed by atoms with E-state index in [0.29, 0.717) is 6.61 Å². The minimum atomic E-state index is -0.821. The summed E-state index contributed by atoms with van der Waals surface area (Å²) in [6, 6.07) is 7.58. The summed E-state index contributed by atoms with van der Waals surface area (Å²) < 4.78 is 5.12. The molecule has 0 saturated heterocycles. The van der Waals surface area contributed by atoms with Crippen molar-refractivity contribution in [2.45, 2.75) is 50.7 Å². The zero-order valence-electron chi connectivity index (χ0n) is 12.0. The quantitative estimate of drug-likeness (QED) is 0.870. The second-order valence-electron chi connectivity index (χ2n) is 5.60. The van der Waals surface area contributed by atoms with Crippen LogP contribution in [0.1, 0.15) is 44.1 Å². The number of para-hydroxylation sites is 1. The number of carbonyl (C=O) groups excluding carboxylic acids is 1. The molecule has 4 heteroatoms. The molecular formula is C16H23NO3. The molecule has 0 radical (unpaired) electrons. The number of aliphatic hydroxyl groups is 1. The molecule has 1 aromatic carbocycles. The zero-order valence-corrected chi connectivity index (χ0v) is 12.0. The lowest BCUT2D eigenvalue weighted by atomic mass is 9.82. The first-order chi connectivity index (χ1) is 9.63. The highest BCUT2D eigenvalue weighted by Gasteiger charge is 2.31. The summed E-state index contributed by atoms with van der Waals surface area (Å²) in [6.45, 7) is 0.459. The van der Waals surface area contributed by atoms with Crippen LogP contribution in [0.5, 0.6) is 0 Å². The van der Waals surface area contributed by atoms with Gasteiger partial charge in [-0.1, -0.05) is 37.5 Å².